The summed E-state index contributed by atoms with van der Waals surface area (Å²) >= 11 is 1.39. The predicted octanol–water partition coefficient (Wildman–Crippen LogP) is 2.58. The number of rotatable bonds is 2. The third kappa shape index (κ3) is 1.98. The molecule has 0 aliphatic carbocycles. The SMILES string of the molecule is O=Cc1cnc(C(F)F)c(I)c1F. The van der Waals surface area contributed by atoms with Crippen LogP contribution < -0.4 is 0 Å². The van der Waals surface area contributed by atoms with Gasteiger partial charge in [-0.25, -0.2) is 13.2 Å². The van der Waals surface area contributed by atoms with Gasteiger partial charge in [0.2, 0.25) is 0 Å². The molecule has 1 aromatic heterocycles. The molecule has 0 atom stereocenters. The zero-order chi connectivity index (χ0) is 10.0. The van der Waals surface area contributed by atoms with Crippen LogP contribution in [0.2, 0.25) is 0 Å². The molecule has 13 heavy (non-hydrogen) atoms. The minimum absolute atomic E-state index is 0.236. The first-order valence-electron chi connectivity index (χ1n) is 3.15. The van der Waals surface area contributed by atoms with E-state index in [0.29, 0.717) is 0 Å². The van der Waals surface area contributed by atoms with Gasteiger partial charge >= 0.3 is 0 Å². The van der Waals surface area contributed by atoms with Crippen molar-refractivity contribution in [1.29, 1.82) is 0 Å². The topological polar surface area (TPSA) is 30.0 Å². The predicted molar refractivity (Wildman–Crippen MR) is 47.3 cm³/mol. The van der Waals surface area contributed by atoms with E-state index in [1.54, 1.807) is 0 Å². The van der Waals surface area contributed by atoms with Gasteiger partial charge in [0, 0.05) is 6.20 Å². The average Bonchev–Trinajstić information content (AvgIpc) is 2.09. The van der Waals surface area contributed by atoms with Crippen LogP contribution in [0.1, 0.15) is 22.5 Å². The fourth-order valence-corrected chi connectivity index (χ4v) is 1.41. The molecule has 1 rings (SSSR count). The highest BCUT2D eigenvalue weighted by atomic mass is 127. The second kappa shape index (κ2) is 4.03. The summed E-state index contributed by atoms with van der Waals surface area (Å²) in [5, 5.41) is 0. The standard InChI is InChI=1S/C7H3F3INO/c8-4-3(2-13)1-12-6(5(4)11)7(9)10/h1-2,7H. The van der Waals surface area contributed by atoms with Gasteiger partial charge in [0.25, 0.3) is 6.43 Å². The summed E-state index contributed by atoms with van der Waals surface area (Å²) in [5.74, 6) is -0.944. The minimum Gasteiger partial charge on any atom is -0.298 e. The summed E-state index contributed by atoms with van der Waals surface area (Å²) in [6.45, 7) is 0. The third-order valence-corrected chi connectivity index (χ3v) is 2.37. The molecule has 0 aromatic carbocycles. The molecule has 1 heterocycles. The van der Waals surface area contributed by atoms with Crippen LogP contribution in [0.3, 0.4) is 0 Å². The number of hydrogen-bond donors (Lipinski definition) is 0. The number of aromatic nitrogens is 1. The first-order chi connectivity index (χ1) is 6.07. The van der Waals surface area contributed by atoms with Crippen LogP contribution in [-0.4, -0.2) is 11.3 Å². The van der Waals surface area contributed by atoms with Crippen molar-refractivity contribution in [3.63, 3.8) is 0 Å². The molecule has 70 valence electrons. The maximum absolute atomic E-state index is 13.0. The summed E-state index contributed by atoms with van der Waals surface area (Å²) in [4.78, 5) is 13.5. The first-order valence-corrected chi connectivity index (χ1v) is 4.23. The molecule has 0 aliphatic rings. The smallest absolute Gasteiger partial charge is 0.281 e. The zero-order valence-corrected chi connectivity index (χ0v) is 8.26. The van der Waals surface area contributed by atoms with Gasteiger partial charge in [-0.3, -0.25) is 9.78 Å². The van der Waals surface area contributed by atoms with Gasteiger partial charge in [-0.1, -0.05) is 0 Å². The maximum Gasteiger partial charge on any atom is 0.281 e. The van der Waals surface area contributed by atoms with E-state index >= 15 is 0 Å². The van der Waals surface area contributed by atoms with Gasteiger partial charge in [0.15, 0.2) is 12.1 Å². The minimum atomic E-state index is -2.83. The van der Waals surface area contributed by atoms with Crippen LogP contribution in [-0.2, 0) is 0 Å². The van der Waals surface area contributed by atoms with Crippen molar-refractivity contribution in [2.75, 3.05) is 0 Å². The molecule has 0 radical (unpaired) electrons. The lowest BCUT2D eigenvalue weighted by atomic mass is 10.2. The Morgan fingerprint density at radius 2 is 2.15 bits per heavy atom. The second-order valence-corrected chi connectivity index (χ2v) is 3.22. The van der Waals surface area contributed by atoms with Gasteiger partial charge < -0.3 is 0 Å². The number of alkyl halides is 2. The van der Waals surface area contributed by atoms with Crippen molar-refractivity contribution < 1.29 is 18.0 Å². The summed E-state index contributed by atoms with van der Waals surface area (Å²) in [6.07, 6.45) is -1.80. The Bertz CT molecular complexity index is 343. The highest BCUT2D eigenvalue weighted by molar-refractivity contribution is 14.1. The van der Waals surface area contributed by atoms with Gasteiger partial charge in [-0.2, -0.15) is 0 Å². The molecule has 1 aromatic rings. The summed E-state index contributed by atoms with van der Waals surface area (Å²) in [5.41, 5.74) is -0.947. The van der Waals surface area contributed by atoms with Crippen molar-refractivity contribution in [3.8, 4) is 0 Å². The lowest BCUT2D eigenvalue weighted by Crippen LogP contribution is -2.01. The van der Waals surface area contributed by atoms with E-state index < -0.39 is 17.9 Å². The molecule has 0 saturated carbocycles. The van der Waals surface area contributed by atoms with Crippen molar-refractivity contribution in [1.82, 2.24) is 4.98 Å². The number of halogens is 4. The van der Waals surface area contributed by atoms with Crippen LogP contribution in [0.5, 0.6) is 0 Å². The number of aldehydes is 1. The molecule has 0 fully saturated rings. The lowest BCUT2D eigenvalue weighted by Gasteiger charge is -2.03. The zero-order valence-electron chi connectivity index (χ0n) is 6.10. The fourth-order valence-electron chi connectivity index (χ4n) is 0.726. The van der Waals surface area contributed by atoms with Gasteiger partial charge in [0.1, 0.15) is 5.69 Å². The Balaban J connectivity index is 3.31. The van der Waals surface area contributed by atoms with E-state index in [-0.39, 0.29) is 15.4 Å². The summed E-state index contributed by atoms with van der Waals surface area (Å²) < 4.78 is 36.9. The second-order valence-electron chi connectivity index (χ2n) is 2.15. The Morgan fingerprint density at radius 1 is 1.54 bits per heavy atom. The molecule has 0 amide bonds. The fraction of sp³-hybridized carbons (Fsp3) is 0.143. The van der Waals surface area contributed by atoms with Crippen LogP contribution in [0, 0.1) is 9.39 Å². The molecule has 0 bridgehead atoms. The Labute approximate surface area is 85.3 Å². The van der Waals surface area contributed by atoms with E-state index in [2.05, 4.69) is 4.98 Å². The van der Waals surface area contributed by atoms with Crippen LogP contribution in [0.4, 0.5) is 13.2 Å². The van der Waals surface area contributed by atoms with E-state index in [9.17, 15) is 18.0 Å². The quantitative estimate of drug-likeness (QED) is 0.621. The molecular weight excluding hydrogens is 298 g/mol. The van der Waals surface area contributed by atoms with E-state index in [1.165, 1.54) is 22.6 Å². The summed E-state index contributed by atoms with van der Waals surface area (Å²) in [7, 11) is 0. The Kier molecular flexibility index (Phi) is 3.23. The van der Waals surface area contributed by atoms with Gasteiger partial charge in [-0.05, 0) is 22.6 Å². The monoisotopic (exact) mass is 301 g/mol. The molecule has 0 aliphatic heterocycles. The largest absolute Gasteiger partial charge is 0.298 e. The van der Waals surface area contributed by atoms with E-state index in [1.807, 2.05) is 0 Å². The molecule has 2 nitrogen and oxygen atoms in total. The number of pyridine rings is 1. The first kappa shape index (κ1) is 10.4. The summed E-state index contributed by atoms with van der Waals surface area (Å²) in [6, 6.07) is 0. The van der Waals surface area contributed by atoms with Crippen LogP contribution in [0.15, 0.2) is 6.20 Å². The molecule has 6 heteroatoms. The van der Waals surface area contributed by atoms with Crippen molar-refractivity contribution in [2.24, 2.45) is 0 Å². The lowest BCUT2D eigenvalue weighted by molar-refractivity contribution is 0.111. The highest BCUT2D eigenvalue weighted by Crippen LogP contribution is 2.25. The molecule has 0 N–H and O–H groups in total. The van der Waals surface area contributed by atoms with Crippen molar-refractivity contribution in [2.45, 2.75) is 6.43 Å². The normalized spacial score (nSPS) is 10.5. The molecule has 0 unspecified atom stereocenters. The van der Waals surface area contributed by atoms with Gasteiger partial charge in [0.05, 0.1) is 9.13 Å². The number of hydrogen-bond acceptors (Lipinski definition) is 2. The number of carbonyl (C=O) groups is 1. The van der Waals surface area contributed by atoms with E-state index in [0.717, 1.165) is 6.20 Å². The average molecular weight is 301 g/mol. The van der Waals surface area contributed by atoms with Crippen molar-refractivity contribution >= 4 is 28.9 Å². The van der Waals surface area contributed by atoms with Crippen molar-refractivity contribution in [3.05, 3.63) is 26.8 Å². The molecular formula is C7H3F3INO. The Hall–Kier alpha value is -0.660. The maximum atomic E-state index is 13.0. The van der Waals surface area contributed by atoms with Crippen LogP contribution in [0.25, 0.3) is 0 Å². The molecule has 0 saturated heterocycles. The van der Waals surface area contributed by atoms with Gasteiger partial charge in [-0.15, -0.1) is 0 Å². The molecule has 0 spiro atoms. The van der Waals surface area contributed by atoms with Crippen LogP contribution >= 0.6 is 22.6 Å². The highest BCUT2D eigenvalue weighted by Gasteiger charge is 2.18. The Morgan fingerprint density at radius 3 is 2.62 bits per heavy atom. The van der Waals surface area contributed by atoms with E-state index in [4.69, 9.17) is 0 Å². The third-order valence-electron chi connectivity index (χ3n) is 1.35. The number of nitrogens with zero attached hydrogens (tertiary/aromatic N) is 1. The number of carbonyl (C=O) groups excluding carboxylic acids is 1.